The largest absolute Gasteiger partial charge is 0.502 e. The van der Waals surface area contributed by atoms with Crippen molar-refractivity contribution in [2.45, 2.75) is 128 Å². The number of nitrogens with two attached hydrogens (primary N) is 2. The van der Waals surface area contributed by atoms with Gasteiger partial charge in [-0.3, -0.25) is 53.3 Å². The van der Waals surface area contributed by atoms with Crippen LogP contribution in [0.25, 0.3) is 0 Å². The average Bonchev–Trinajstić information content (AvgIpc) is 3.77. The minimum Gasteiger partial charge on any atom is -0.502 e. The third-order valence-corrected chi connectivity index (χ3v) is 11.3. The molecule has 0 aliphatic carbocycles. The van der Waals surface area contributed by atoms with Gasteiger partial charge < -0.3 is 63.6 Å². The van der Waals surface area contributed by atoms with Gasteiger partial charge in [0, 0.05) is 44.1 Å². The van der Waals surface area contributed by atoms with Crippen molar-refractivity contribution in [3.63, 3.8) is 0 Å². The van der Waals surface area contributed by atoms with Crippen LogP contribution in [0.3, 0.4) is 0 Å². The smallest absolute Gasteiger partial charge is 0.310 e. The molecule has 8 atom stereocenters. The van der Waals surface area contributed by atoms with Gasteiger partial charge in [-0.05, 0) is 68.7 Å². The maximum absolute atomic E-state index is 13.8. The second kappa shape index (κ2) is 25.4. The molecule has 0 saturated carbocycles. The fraction of sp³-hybridized carbons (Fsp3) is 0.512. The first-order valence-corrected chi connectivity index (χ1v) is 21.6. The zero-order chi connectivity index (χ0) is 50.1. The summed E-state index contributed by atoms with van der Waals surface area (Å²) in [5, 5.41) is 55.5. The van der Waals surface area contributed by atoms with Crippen LogP contribution in [0.1, 0.15) is 83.8 Å². The molecule has 1 heterocycles. The highest BCUT2D eigenvalue weighted by Crippen LogP contribution is 2.27. The standard InChI is InChI=1S/C43H60N10O14/c1-5-22(2)36(51-39(61)29(14-17-35(57)58)46-21-26-9-6-7-10-27(26)44)42(64)47-23(3)38(60)48-24(4)43(65)52-18-8-11-31(52)41(63)50-30(19-25-12-15-33(54)32(20-25)53(66)67)40(62)49-28(37(45)59)13-16-34(55)56/h6-7,9-10,12,15,20,22-24,28-31,36,46,54H,5,8,11,13-14,16-19,21,44H2,1-4H3,(H2,45,59)(H,47,64)(H,48,60)(H,49,62)(H,50,63)(H,51,61)(H,55,56)(H,57,58)/t22-,23-,24-,28-,29-,30-,31-,36-/m0/s1. The van der Waals surface area contributed by atoms with E-state index in [1.165, 1.54) is 24.8 Å². The third-order valence-electron chi connectivity index (χ3n) is 11.3. The van der Waals surface area contributed by atoms with Crippen LogP contribution in [-0.2, 0) is 56.1 Å². The average molecular weight is 941 g/mol. The van der Waals surface area contributed by atoms with Crippen LogP contribution in [-0.4, -0.2) is 127 Å². The van der Waals surface area contributed by atoms with Crippen molar-refractivity contribution in [2.24, 2.45) is 11.7 Å². The number of para-hydroxylation sites is 1. The molecule has 1 saturated heterocycles. The van der Waals surface area contributed by atoms with E-state index in [4.69, 9.17) is 16.6 Å². The molecule has 0 aromatic heterocycles. The molecule has 1 fully saturated rings. The maximum atomic E-state index is 13.8. The van der Waals surface area contributed by atoms with Gasteiger partial charge in [0.2, 0.25) is 41.4 Å². The molecule has 7 amide bonds. The molecule has 366 valence electrons. The number of carboxylic acids is 2. The Hall–Kier alpha value is -7.37. The third kappa shape index (κ3) is 16.2. The van der Waals surface area contributed by atoms with Crippen molar-refractivity contribution in [3.05, 3.63) is 63.7 Å². The first-order chi connectivity index (χ1) is 31.5. The minimum absolute atomic E-state index is 0.0563. The molecule has 24 nitrogen and oxygen atoms in total. The number of hydrogen-bond donors (Lipinski definition) is 11. The molecule has 2 aromatic rings. The van der Waals surface area contributed by atoms with Crippen LogP contribution < -0.4 is 43.4 Å². The number of rotatable bonds is 26. The minimum atomic E-state index is -1.56. The molecule has 2 aromatic carbocycles. The molecule has 1 aliphatic rings. The lowest BCUT2D eigenvalue weighted by Crippen LogP contribution is -2.59. The fourth-order valence-electron chi connectivity index (χ4n) is 7.18. The van der Waals surface area contributed by atoms with Gasteiger partial charge in [0.05, 0.1) is 11.0 Å². The van der Waals surface area contributed by atoms with Gasteiger partial charge in [0.25, 0.3) is 0 Å². The number of carbonyl (C=O) groups excluding carboxylic acids is 7. The number of anilines is 1. The van der Waals surface area contributed by atoms with Crippen LogP contribution in [0.5, 0.6) is 5.75 Å². The van der Waals surface area contributed by atoms with E-state index in [-0.39, 0.29) is 37.9 Å². The molecule has 0 spiro atoms. The summed E-state index contributed by atoms with van der Waals surface area (Å²) < 4.78 is 0. The Morgan fingerprint density at radius 2 is 1.42 bits per heavy atom. The molecule has 0 radical (unpaired) electrons. The van der Waals surface area contributed by atoms with Gasteiger partial charge in [0.1, 0.15) is 36.3 Å². The summed E-state index contributed by atoms with van der Waals surface area (Å²) in [6.45, 7) is 6.38. The summed E-state index contributed by atoms with van der Waals surface area (Å²) in [5.74, 6) is -9.34. The van der Waals surface area contributed by atoms with E-state index in [1.807, 2.05) is 0 Å². The molecular formula is C43H60N10O14. The lowest BCUT2D eigenvalue weighted by atomic mass is 9.97. The summed E-state index contributed by atoms with van der Waals surface area (Å²) in [6.07, 6.45) is -0.961. The number of aromatic hydroxyl groups is 1. The van der Waals surface area contributed by atoms with Crippen molar-refractivity contribution >= 4 is 64.7 Å². The summed E-state index contributed by atoms with van der Waals surface area (Å²) in [4.78, 5) is 128. The zero-order valence-electron chi connectivity index (χ0n) is 37.6. The quantitative estimate of drug-likeness (QED) is 0.0316. The number of nitrogens with one attached hydrogen (secondary N) is 6. The van der Waals surface area contributed by atoms with Crippen molar-refractivity contribution < 1.29 is 63.4 Å². The first kappa shape index (κ1) is 54.0. The highest BCUT2D eigenvalue weighted by Gasteiger charge is 2.39. The SMILES string of the molecule is CC[C@H](C)[C@H](NC(=O)[C@H](CCC(=O)O)NCc1ccccc1N)C(=O)N[C@@H](C)C(=O)N[C@@H](C)C(=O)N1CCC[C@H]1C(=O)N[C@@H](Cc1ccc(O)c([N+](=O)[O-])c1)C(=O)N[C@@H](CCC(=O)O)C(N)=O. The van der Waals surface area contributed by atoms with E-state index in [0.717, 1.165) is 12.1 Å². The molecule has 0 unspecified atom stereocenters. The van der Waals surface area contributed by atoms with Crippen LogP contribution in [0.15, 0.2) is 42.5 Å². The number of primary amides is 1. The highest BCUT2D eigenvalue weighted by atomic mass is 16.6. The van der Waals surface area contributed by atoms with Gasteiger partial charge in [-0.15, -0.1) is 0 Å². The number of nitrogens with zero attached hydrogens (tertiary/aromatic N) is 2. The summed E-state index contributed by atoms with van der Waals surface area (Å²) in [6, 6.07) is 1.22. The number of amides is 7. The molecule has 24 heteroatoms. The van der Waals surface area contributed by atoms with E-state index in [1.54, 1.807) is 38.1 Å². The van der Waals surface area contributed by atoms with Crippen molar-refractivity contribution in [3.8, 4) is 5.75 Å². The number of benzene rings is 2. The van der Waals surface area contributed by atoms with E-state index in [0.29, 0.717) is 24.1 Å². The van der Waals surface area contributed by atoms with Crippen molar-refractivity contribution in [1.29, 1.82) is 0 Å². The number of nitro benzene ring substituents is 1. The number of phenols is 1. The van der Waals surface area contributed by atoms with E-state index >= 15 is 0 Å². The zero-order valence-corrected chi connectivity index (χ0v) is 37.6. The Labute approximate surface area is 385 Å². The Bertz CT molecular complexity index is 2170. The van der Waals surface area contributed by atoms with Gasteiger partial charge in [-0.25, -0.2) is 0 Å². The lowest BCUT2D eigenvalue weighted by molar-refractivity contribution is -0.385. The second-order valence-corrected chi connectivity index (χ2v) is 16.3. The monoisotopic (exact) mass is 940 g/mol. The first-order valence-electron chi connectivity index (χ1n) is 21.6. The Kier molecular flexibility index (Phi) is 20.4. The summed E-state index contributed by atoms with van der Waals surface area (Å²) in [7, 11) is 0. The van der Waals surface area contributed by atoms with Gasteiger partial charge in [-0.1, -0.05) is 44.5 Å². The number of aliphatic carboxylic acids is 2. The second-order valence-electron chi connectivity index (χ2n) is 16.3. The molecule has 67 heavy (non-hydrogen) atoms. The van der Waals surface area contributed by atoms with E-state index in [9.17, 15) is 63.5 Å². The number of nitrogen functional groups attached to an aromatic ring is 1. The van der Waals surface area contributed by atoms with Crippen LogP contribution >= 0.6 is 0 Å². The molecule has 13 N–H and O–H groups in total. The van der Waals surface area contributed by atoms with Gasteiger partial charge in [0.15, 0.2) is 5.75 Å². The van der Waals surface area contributed by atoms with E-state index < -0.39 is 137 Å². The fourth-order valence-corrected chi connectivity index (χ4v) is 7.18. The Balaban J connectivity index is 1.72. The summed E-state index contributed by atoms with van der Waals surface area (Å²) >= 11 is 0. The number of carbonyl (C=O) groups is 9. The lowest BCUT2D eigenvalue weighted by Gasteiger charge is -2.30. The highest BCUT2D eigenvalue weighted by molar-refractivity contribution is 5.97. The Morgan fingerprint density at radius 1 is 0.806 bits per heavy atom. The topological polar surface area (TPSA) is 385 Å². The van der Waals surface area contributed by atoms with Crippen LogP contribution in [0.2, 0.25) is 0 Å². The normalized spacial score (nSPS) is 16.4. The number of likely N-dealkylation sites (tertiary alicyclic amines) is 1. The van der Waals surface area contributed by atoms with Crippen molar-refractivity contribution in [2.75, 3.05) is 12.3 Å². The van der Waals surface area contributed by atoms with E-state index in [2.05, 4.69) is 31.9 Å². The van der Waals surface area contributed by atoms with Gasteiger partial charge >= 0.3 is 17.6 Å². The maximum Gasteiger partial charge on any atom is 0.310 e. The number of phenolic OH excluding ortho intramolecular Hbond substituents is 1. The molecule has 3 rings (SSSR count). The van der Waals surface area contributed by atoms with Crippen LogP contribution in [0.4, 0.5) is 11.4 Å². The summed E-state index contributed by atoms with van der Waals surface area (Å²) in [5.41, 5.74) is 11.9. The van der Waals surface area contributed by atoms with Crippen molar-refractivity contribution in [1.82, 2.24) is 36.8 Å². The predicted octanol–water partition coefficient (Wildman–Crippen LogP) is -0.701. The number of nitro groups is 1. The molecular weight excluding hydrogens is 881 g/mol. The predicted molar refractivity (Wildman–Crippen MR) is 238 cm³/mol. The molecule has 0 bridgehead atoms. The van der Waals surface area contributed by atoms with Gasteiger partial charge in [-0.2, -0.15) is 0 Å². The number of hydrogen-bond acceptors (Lipinski definition) is 14. The Morgan fingerprint density at radius 3 is 2.01 bits per heavy atom. The number of carboxylic acid groups (broad SMARTS) is 2. The van der Waals surface area contributed by atoms with Crippen LogP contribution in [0, 0.1) is 16.0 Å². The molecule has 1 aliphatic heterocycles.